The molecule has 34 heavy (non-hydrogen) atoms. The number of amides is 1. The fraction of sp³-hybridized carbons (Fsp3) is 0.185. The number of H-pyrrole nitrogens is 1. The smallest absolute Gasteiger partial charge is 0.258 e. The van der Waals surface area contributed by atoms with Crippen molar-refractivity contribution >= 4 is 16.8 Å². The van der Waals surface area contributed by atoms with E-state index in [2.05, 4.69) is 4.98 Å². The second kappa shape index (κ2) is 10.2. The van der Waals surface area contributed by atoms with Gasteiger partial charge in [0.15, 0.2) is 0 Å². The lowest BCUT2D eigenvalue weighted by Crippen LogP contribution is -2.32. The van der Waals surface area contributed by atoms with Gasteiger partial charge in [-0.05, 0) is 60.3 Å². The molecule has 0 fully saturated rings. The standard InChI is InChI=1S/C27H25FN2O4/c1-3-34-25-7-5-4-6-23(25)27(32)30(16-18-8-11-21(28)12-9-18)17-20-14-19-10-13-22(33-2)15-24(19)29-26(20)31/h4-15H,3,16-17H2,1-2H3,(H,29,31). The molecule has 3 aromatic carbocycles. The number of pyridine rings is 1. The molecule has 1 N–H and O–H groups in total. The van der Waals surface area contributed by atoms with Crippen molar-refractivity contribution in [3.63, 3.8) is 0 Å². The summed E-state index contributed by atoms with van der Waals surface area (Å²) in [5.41, 5.74) is 1.92. The number of hydrogen-bond acceptors (Lipinski definition) is 4. The van der Waals surface area contributed by atoms with Crippen LogP contribution in [0.15, 0.2) is 77.6 Å². The third-order valence-corrected chi connectivity index (χ3v) is 5.48. The summed E-state index contributed by atoms with van der Waals surface area (Å²) in [7, 11) is 1.56. The predicted octanol–water partition coefficient (Wildman–Crippen LogP) is 4.92. The van der Waals surface area contributed by atoms with Crippen molar-refractivity contribution in [2.45, 2.75) is 20.0 Å². The van der Waals surface area contributed by atoms with E-state index in [0.717, 1.165) is 10.9 Å². The van der Waals surface area contributed by atoms with E-state index in [1.165, 1.54) is 12.1 Å². The Labute approximate surface area is 196 Å². The van der Waals surface area contributed by atoms with E-state index in [1.807, 2.05) is 19.1 Å². The number of carbonyl (C=O) groups is 1. The normalized spacial score (nSPS) is 10.8. The van der Waals surface area contributed by atoms with Gasteiger partial charge in [0.05, 0.1) is 31.3 Å². The van der Waals surface area contributed by atoms with Gasteiger partial charge in [0.1, 0.15) is 17.3 Å². The highest BCUT2D eigenvalue weighted by molar-refractivity contribution is 5.97. The first-order valence-corrected chi connectivity index (χ1v) is 10.9. The quantitative estimate of drug-likeness (QED) is 0.405. The minimum absolute atomic E-state index is 0.0635. The fourth-order valence-electron chi connectivity index (χ4n) is 3.78. The van der Waals surface area contributed by atoms with Gasteiger partial charge in [-0.2, -0.15) is 0 Å². The fourth-order valence-corrected chi connectivity index (χ4v) is 3.78. The van der Waals surface area contributed by atoms with Crippen LogP contribution in [0.4, 0.5) is 4.39 Å². The summed E-state index contributed by atoms with van der Waals surface area (Å²) in [5.74, 6) is 0.461. The van der Waals surface area contributed by atoms with Gasteiger partial charge in [0.25, 0.3) is 11.5 Å². The second-order valence-corrected chi connectivity index (χ2v) is 7.79. The van der Waals surface area contributed by atoms with Gasteiger partial charge in [0.2, 0.25) is 0 Å². The van der Waals surface area contributed by atoms with Crippen molar-refractivity contribution in [1.29, 1.82) is 0 Å². The van der Waals surface area contributed by atoms with E-state index in [9.17, 15) is 14.0 Å². The van der Waals surface area contributed by atoms with Crippen LogP contribution in [0.25, 0.3) is 10.9 Å². The zero-order valence-electron chi connectivity index (χ0n) is 19.0. The van der Waals surface area contributed by atoms with Crippen LogP contribution in [0.5, 0.6) is 11.5 Å². The van der Waals surface area contributed by atoms with Gasteiger partial charge in [-0.25, -0.2) is 4.39 Å². The molecule has 1 aromatic heterocycles. The summed E-state index contributed by atoms with van der Waals surface area (Å²) < 4.78 is 24.3. The lowest BCUT2D eigenvalue weighted by atomic mass is 10.1. The van der Waals surface area contributed by atoms with Crippen LogP contribution in [-0.2, 0) is 13.1 Å². The average Bonchev–Trinajstić information content (AvgIpc) is 2.85. The number of nitrogens with one attached hydrogen (secondary N) is 1. The molecule has 4 aromatic rings. The number of ether oxygens (including phenoxy) is 2. The molecule has 0 aliphatic rings. The summed E-state index contributed by atoms with van der Waals surface area (Å²) in [6.45, 7) is 2.52. The molecular weight excluding hydrogens is 435 g/mol. The summed E-state index contributed by atoms with van der Waals surface area (Å²) in [6, 6.07) is 20.1. The second-order valence-electron chi connectivity index (χ2n) is 7.79. The Bertz CT molecular complexity index is 1370. The van der Waals surface area contributed by atoms with Crippen LogP contribution in [0.3, 0.4) is 0 Å². The number of hydrogen-bond donors (Lipinski definition) is 1. The van der Waals surface area contributed by atoms with Crippen LogP contribution in [-0.4, -0.2) is 29.5 Å². The molecule has 0 saturated heterocycles. The van der Waals surface area contributed by atoms with Crippen molar-refractivity contribution in [1.82, 2.24) is 9.88 Å². The zero-order chi connectivity index (χ0) is 24.1. The van der Waals surface area contributed by atoms with E-state index in [1.54, 1.807) is 60.5 Å². The van der Waals surface area contributed by atoms with Crippen molar-refractivity contribution in [2.24, 2.45) is 0 Å². The predicted molar refractivity (Wildman–Crippen MR) is 129 cm³/mol. The molecule has 7 heteroatoms. The van der Waals surface area contributed by atoms with E-state index >= 15 is 0 Å². The molecule has 0 radical (unpaired) electrons. The van der Waals surface area contributed by atoms with Crippen LogP contribution in [0.1, 0.15) is 28.4 Å². The highest BCUT2D eigenvalue weighted by atomic mass is 19.1. The molecule has 0 spiro atoms. The molecule has 0 unspecified atom stereocenters. The maximum atomic E-state index is 13.6. The molecule has 1 amide bonds. The zero-order valence-corrected chi connectivity index (χ0v) is 19.0. The van der Waals surface area contributed by atoms with Gasteiger partial charge >= 0.3 is 0 Å². The first kappa shape index (κ1) is 23.0. The number of nitrogens with zero attached hydrogens (tertiary/aromatic N) is 1. The first-order valence-electron chi connectivity index (χ1n) is 10.9. The number of rotatable bonds is 8. The number of halogens is 1. The van der Waals surface area contributed by atoms with Crippen LogP contribution in [0, 0.1) is 5.82 Å². The lowest BCUT2D eigenvalue weighted by Gasteiger charge is -2.24. The molecule has 174 valence electrons. The van der Waals surface area contributed by atoms with Crippen molar-refractivity contribution in [2.75, 3.05) is 13.7 Å². The van der Waals surface area contributed by atoms with E-state index in [4.69, 9.17) is 9.47 Å². The molecular formula is C27H25FN2O4. The molecule has 0 saturated carbocycles. The highest BCUT2D eigenvalue weighted by Gasteiger charge is 2.21. The van der Waals surface area contributed by atoms with Crippen molar-refractivity contribution in [3.05, 3.63) is 106 Å². The summed E-state index contributed by atoms with van der Waals surface area (Å²) >= 11 is 0. The number of aromatic amines is 1. The SMILES string of the molecule is CCOc1ccccc1C(=O)N(Cc1ccc(F)cc1)Cc1cc2ccc(OC)cc2[nH]c1=O. The maximum Gasteiger partial charge on any atom is 0.258 e. The van der Waals surface area contributed by atoms with Gasteiger partial charge in [0, 0.05) is 18.2 Å². The molecule has 4 rings (SSSR count). The summed E-state index contributed by atoms with van der Waals surface area (Å²) in [4.78, 5) is 30.9. The third-order valence-electron chi connectivity index (χ3n) is 5.48. The molecule has 0 aliphatic heterocycles. The van der Waals surface area contributed by atoms with Crippen molar-refractivity contribution < 1.29 is 18.7 Å². The Morgan fingerprint density at radius 1 is 1.00 bits per heavy atom. The Kier molecular flexibility index (Phi) is 6.92. The number of para-hydroxylation sites is 1. The van der Waals surface area contributed by atoms with Crippen LogP contribution >= 0.6 is 0 Å². The summed E-state index contributed by atoms with van der Waals surface area (Å²) in [5, 5.41) is 0.819. The summed E-state index contributed by atoms with van der Waals surface area (Å²) in [6.07, 6.45) is 0. The Morgan fingerprint density at radius 2 is 1.76 bits per heavy atom. The number of carbonyl (C=O) groups excluding carboxylic acids is 1. The Hall–Kier alpha value is -4.13. The van der Waals surface area contributed by atoms with Crippen LogP contribution < -0.4 is 15.0 Å². The van der Waals surface area contributed by atoms with Crippen molar-refractivity contribution in [3.8, 4) is 11.5 Å². The minimum Gasteiger partial charge on any atom is -0.497 e. The number of benzene rings is 3. The first-order chi connectivity index (χ1) is 16.5. The molecule has 1 heterocycles. The highest BCUT2D eigenvalue weighted by Crippen LogP contribution is 2.23. The third kappa shape index (κ3) is 5.09. The van der Waals surface area contributed by atoms with E-state index in [0.29, 0.717) is 34.7 Å². The molecule has 6 nitrogen and oxygen atoms in total. The lowest BCUT2D eigenvalue weighted by molar-refractivity contribution is 0.0725. The van der Waals surface area contributed by atoms with Crippen LogP contribution in [0.2, 0.25) is 0 Å². The number of methoxy groups -OCH3 is 1. The Morgan fingerprint density at radius 3 is 2.50 bits per heavy atom. The number of aromatic nitrogens is 1. The topological polar surface area (TPSA) is 71.6 Å². The van der Waals surface area contributed by atoms with E-state index in [-0.39, 0.29) is 30.4 Å². The molecule has 0 bridgehead atoms. The largest absolute Gasteiger partial charge is 0.497 e. The van der Waals surface area contributed by atoms with Gasteiger partial charge in [-0.15, -0.1) is 0 Å². The maximum absolute atomic E-state index is 13.6. The van der Waals surface area contributed by atoms with Gasteiger partial charge in [-0.1, -0.05) is 24.3 Å². The molecule has 0 atom stereocenters. The average molecular weight is 461 g/mol. The number of fused-ring (bicyclic) bond motifs is 1. The molecule has 0 aliphatic carbocycles. The Balaban J connectivity index is 1.72. The minimum atomic E-state index is -0.357. The van der Waals surface area contributed by atoms with E-state index < -0.39 is 0 Å². The monoisotopic (exact) mass is 460 g/mol. The van der Waals surface area contributed by atoms with Gasteiger partial charge < -0.3 is 19.4 Å². The van der Waals surface area contributed by atoms with Gasteiger partial charge in [-0.3, -0.25) is 9.59 Å².